The number of aromatic amines is 1. The van der Waals surface area contributed by atoms with Gasteiger partial charge < -0.3 is 9.40 Å². The van der Waals surface area contributed by atoms with Gasteiger partial charge in [-0.1, -0.05) is 11.3 Å². The normalized spacial score (nSPS) is 11.0. The molecule has 0 bridgehead atoms. The highest BCUT2D eigenvalue weighted by Gasteiger charge is 2.12. The molecule has 0 spiro atoms. The lowest BCUT2D eigenvalue weighted by molar-refractivity contribution is 0.102. The van der Waals surface area contributed by atoms with Crippen molar-refractivity contribution in [2.45, 2.75) is 6.92 Å². The van der Waals surface area contributed by atoms with Crippen LogP contribution in [0.15, 0.2) is 39.9 Å². The highest BCUT2D eigenvalue weighted by Crippen LogP contribution is 2.18. The second-order valence-electron chi connectivity index (χ2n) is 4.64. The SMILES string of the molecule is Cc1cc(=O)c(C(=O)Nc2nnc(C=Cc3ccco3)s2)c[nH]1. The average Bonchev–Trinajstić information content (AvgIpc) is 3.16. The predicted octanol–water partition coefficient (Wildman–Crippen LogP) is 2.55. The molecule has 0 saturated carbocycles. The summed E-state index contributed by atoms with van der Waals surface area (Å²) in [7, 11) is 0. The van der Waals surface area contributed by atoms with Crippen LogP contribution in [0.1, 0.15) is 26.8 Å². The van der Waals surface area contributed by atoms with Gasteiger partial charge in [-0.05, 0) is 31.2 Å². The zero-order chi connectivity index (χ0) is 16.2. The number of hydrogen-bond acceptors (Lipinski definition) is 6. The van der Waals surface area contributed by atoms with E-state index < -0.39 is 5.91 Å². The molecule has 3 aromatic rings. The molecule has 0 aliphatic rings. The van der Waals surface area contributed by atoms with Crippen molar-refractivity contribution in [3.63, 3.8) is 0 Å². The second kappa shape index (κ2) is 6.41. The van der Waals surface area contributed by atoms with E-state index in [1.54, 1.807) is 31.4 Å². The van der Waals surface area contributed by atoms with Crippen LogP contribution < -0.4 is 10.7 Å². The Morgan fingerprint density at radius 2 is 2.26 bits per heavy atom. The standard InChI is InChI=1S/C15H12N4O3S/c1-9-7-12(20)11(8-16-9)14(21)17-15-19-18-13(23-15)5-4-10-3-2-6-22-10/h2-8H,1H3,(H,16,20)(H,17,19,21). The third kappa shape index (κ3) is 3.61. The van der Waals surface area contributed by atoms with Crippen LogP contribution in [0.3, 0.4) is 0 Å². The molecular formula is C15H12N4O3S. The van der Waals surface area contributed by atoms with Gasteiger partial charge in [0.15, 0.2) is 5.43 Å². The molecule has 0 radical (unpaired) electrons. The van der Waals surface area contributed by atoms with Gasteiger partial charge in [0.1, 0.15) is 16.3 Å². The van der Waals surface area contributed by atoms with Crippen LogP contribution >= 0.6 is 11.3 Å². The Morgan fingerprint density at radius 1 is 1.39 bits per heavy atom. The van der Waals surface area contributed by atoms with Gasteiger partial charge in [0.05, 0.1) is 6.26 Å². The van der Waals surface area contributed by atoms with E-state index in [9.17, 15) is 9.59 Å². The van der Waals surface area contributed by atoms with Crippen LogP contribution in [-0.4, -0.2) is 21.1 Å². The first-order valence-electron chi connectivity index (χ1n) is 6.67. The minimum absolute atomic E-state index is 0.0264. The summed E-state index contributed by atoms with van der Waals surface area (Å²) in [6.45, 7) is 1.74. The number of nitrogens with one attached hydrogen (secondary N) is 2. The van der Waals surface area contributed by atoms with Crippen molar-refractivity contribution < 1.29 is 9.21 Å². The predicted molar refractivity (Wildman–Crippen MR) is 87.3 cm³/mol. The maximum absolute atomic E-state index is 12.1. The van der Waals surface area contributed by atoms with E-state index in [4.69, 9.17) is 4.42 Å². The lowest BCUT2D eigenvalue weighted by Gasteiger charge is -2.00. The van der Waals surface area contributed by atoms with E-state index in [1.165, 1.54) is 23.6 Å². The van der Waals surface area contributed by atoms with Crippen molar-refractivity contribution in [3.8, 4) is 0 Å². The molecule has 116 valence electrons. The summed E-state index contributed by atoms with van der Waals surface area (Å²) >= 11 is 1.19. The number of carbonyl (C=O) groups is 1. The Bertz CT molecular complexity index is 909. The number of aryl methyl sites for hydroxylation is 1. The number of pyridine rings is 1. The van der Waals surface area contributed by atoms with E-state index in [2.05, 4.69) is 20.5 Å². The first-order valence-corrected chi connectivity index (χ1v) is 7.49. The molecule has 0 saturated heterocycles. The smallest absolute Gasteiger partial charge is 0.262 e. The molecule has 23 heavy (non-hydrogen) atoms. The van der Waals surface area contributed by atoms with Crippen molar-refractivity contribution in [2.24, 2.45) is 0 Å². The Kier molecular flexibility index (Phi) is 4.15. The molecule has 3 heterocycles. The Balaban J connectivity index is 1.71. The quantitative estimate of drug-likeness (QED) is 0.766. The van der Waals surface area contributed by atoms with Gasteiger partial charge in [0.2, 0.25) is 5.13 Å². The van der Waals surface area contributed by atoms with Crippen molar-refractivity contribution in [3.05, 3.63) is 62.9 Å². The maximum Gasteiger partial charge on any atom is 0.262 e. The number of nitrogens with zero attached hydrogens (tertiary/aromatic N) is 2. The summed E-state index contributed by atoms with van der Waals surface area (Å²) in [5, 5.41) is 11.3. The van der Waals surface area contributed by atoms with E-state index in [0.717, 1.165) is 0 Å². The highest BCUT2D eigenvalue weighted by atomic mass is 32.1. The molecule has 0 aliphatic carbocycles. The number of aromatic nitrogens is 3. The second-order valence-corrected chi connectivity index (χ2v) is 5.65. The van der Waals surface area contributed by atoms with Crippen molar-refractivity contribution in [1.82, 2.24) is 15.2 Å². The number of furan rings is 1. The average molecular weight is 328 g/mol. The van der Waals surface area contributed by atoms with Gasteiger partial charge in [0, 0.05) is 18.0 Å². The summed E-state index contributed by atoms with van der Waals surface area (Å²) in [5.74, 6) is 0.168. The summed E-state index contributed by atoms with van der Waals surface area (Å²) in [6.07, 6.45) is 6.43. The lowest BCUT2D eigenvalue weighted by Crippen LogP contribution is -2.21. The molecule has 8 heteroatoms. The van der Waals surface area contributed by atoms with Crippen LogP contribution in [0.4, 0.5) is 5.13 Å². The van der Waals surface area contributed by atoms with Gasteiger partial charge in [-0.2, -0.15) is 0 Å². The highest BCUT2D eigenvalue weighted by molar-refractivity contribution is 7.16. The first-order chi connectivity index (χ1) is 11.1. The first kappa shape index (κ1) is 14.9. The number of amides is 1. The van der Waals surface area contributed by atoms with Crippen LogP contribution in [0, 0.1) is 6.92 Å². The minimum atomic E-state index is -0.524. The summed E-state index contributed by atoms with van der Waals surface area (Å²) < 4.78 is 5.17. The van der Waals surface area contributed by atoms with Gasteiger partial charge in [-0.25, -0.2) is 0 Å². The molecule has 0 aromatic carbocycles. The zero-order valence-electron chi connectivity index (χ0n) is 12.1. The van der Waals surface area contributed by atoms with Crippen molar-refractivity contribution >= 4 is 34.5 Å². The lowest BCUT2D eigenvalue weighted by atomic mass is 10.2. The molecule has 0 atom stereocenters. The molecule has 3 aromatic heterocycles. The van der Waals surface area contributed by atoms with E-state index in [-0.39, 0.29) is 11.0 Å². The fraction of sp³-hybridized carbons (Fsp3) is 0.0667. The third-order valence-corrected chi connectivity index (χ3v) is 3.70. The van der Waals surface area contributed by atoms with Gasteiger partial charge >= 0.3 is 0 Å². The van der Waals surface area contributed by atoms with Crippen LogP contribution in [0.5, 0.6) is 0 Å². The molecular weight excluding hydrogens is 316 g/mol. The van der Waals surface area contributed by atoms with Crippen LogP contribution in [0.2, 0.25) is 0 Å². The maximum atomic E-state index is 12.1. The molecule has 1 amide bonds. The number of anilines is 1. The number of carbonyl (C=O) groups excluding carboxylic acids is 1. The van der Waals surface area contributed by atoms with Crippen molar-refractivity contribution in [1.29, 1.82) is 0 Å². The molecule has 3 rings (SSSR count). The number of rotatable bonds is 4. The molecule has 2 N–H and O–H groups in total. The number of hydrogen-bond donors (Lipinski definition) is 2. The summed E-state index contributed by atoms with van der Waals surface area (Å²) in [4.78, 5) is 26.7. The Labute approximate surface area is 134 Å². The third-order valence-electron chi connectivity index (χ3n) is 2.90. The van der Waals surface area contributed by atoms with Crippen molar-refractivity contribution in [2.75, 3.05) is 5.32 Å². The molecule has 0 aliphatic heterocycles. The van der Waals surface area contributed by atoms with Crippen LogP contribution in [-0.2, 0) is 0 Å². The van der Waals surface area contributed by atoms with Gasteiger partial charge in [-0.15, -0.1) is 10.2 Å². The minimum Gasteiger partial charge on any atom is -0.465 e. The number of H-pyrrole nitrogens is 1. The summed E-state index contributed by atoms with van der Waals surface area (Å²) in [5.41, 5.74) is 0.368. The van der Waals surface area contributed by atoms with E-state index in [1.807, 2.05) is 6.07 Å². The molecule has 7 nitrogen and oxygen atoms in total. The Hall–Kier alpha value is -3.00. The van der Waals surface area contributed by atoms with Crippen LogP contribution in [0.25, 0.3) is 12.2 Å². The van der Waals surface area contributed by atoms with E-state index in [0.29, 0.717) is 21.6 Å². The largest absolute Gasteiger partial charge is 0.465 e. The van der Waals surface area contributed by atoms with Gasteiger partial charge in [-0.3, -0.25) is 14.9 Å². The monoisotopic (exact) mass is 328 g/mol. The Morgan fingerprint density at radius 3 is 3.00 bits per heavy atom. The fourth-order valence-electron chi connectivity index (χ4n) is 1.81. The molecule has 0 fully saturated rings. The van der Waals surface area contributed by atoms with Gasteiger partial charge in [0.25, 0.3) is 5.91 Å². The summed E-state index contributed by atoms with van der Waals surface area (Å²) in [6, 6.07) is 4.96. The van der Waals surface area contributed by atoms with E-state index >= 15 is 0 Å². The topological polar surface area (TPSA) is 101 Å². The molecule has 0 unspecified atom stereocenters. The fourth-order valence-corrected chi connectivity index (χ4v) is 2.45. The zero-order valence-corrected chi connectivity index (χ0v) is 12.9.